The van der Waals surface area contributed by atoms with Gasteiger partial charge in [0, 0.05) is 6.42 Å². The molecule has 1 nitrogen and oxygen atoms in total. The van der Waals surface area contributed by atoms with E-state index in [1.54, 1.807) is 0 Å². The molecule has 90 valence electrons. The third kappa shape index (κ3) is 0.906. The molecule has 17 heavy (non-hydrogen) atoms. The standard InChI is InChI=1S/C16H20O/c1-9-8-17-14-7-16(4)13-5-11(13)10(2)15(16,3)6-12(9)14/h8,11,13H,2,5-7H2,1,3-4H3. The number of allylic oxidation sites excluding steroid dienone is 1. The van der Waals surface area contributed by atoms with Crippen molar-refractivity contribution in [2.75, 3.05) is 0 Å². The fourth-order valence-electron chi connectivity index (χ4n) is 4.71. The smallest absolute Gasteiger partial charge is 0.107 e. The fourth-order valence-corrected chi connectivity index (χ4v) is 4.71. The van der Waals surface area contributed by atoms with Crippen molar-refractivity contribution < 1.29 is 4.42 Å². The third-order valence-electron chi connectivity index (χ3n) is 6.27. The highest BCUT2D eigenvalue weighted by Gasteiger charge is 2.69. The lowest BCUT2D eigenvalue weighted by molar-refractivity contribution is 0.0848. The summed E-state index contributed by atoms with van der Waals surface area (Å²) in [7, 11) is 0. The van der Waals surface area contributed by atoms with Gasteiger partial charge in [0.1, 0.15) is 5.76 Å². The van der Waals surface area contributed by atoms with Crippen LogP contribution in [0.25, 0.3) is 0 Å². The molecular weight excluding hydrogens is 208 g/mol. The summed E-state index contributed by atoms with van der Waals surface area (Å²) < 4.78 is 5.78. The predicted octanol–water partition coefficient (Wildman–Crippen LogP) is 3.91. The lowest BCUT2D eigenvalue weighted by Crippen LogP contribution is -2.43. The Kier molecular flexibility index (Phi) is 1.50. The Labute approximate surface area is 103 Å². The summed E-state index contributed by atoms with van der Waals surface area (Å²) in [5.74, 6) is 2.94. The van der Waals surface area contributed by atoms with Crippen molar-refractivity contribution in [3.8, 4) is 0 Å². The summed E-state index contributed by atoms with van der Waals surface area (Å²) in [6, 6.07) is 0. The first kappa shape index (κ1) is 9.99. The minimum absolute atomic E-state index is 0.308. The summed E-state index contributed by atoms with van der Waals surface area (Å²) in [6.45, 7) is 11.5. The number of aryl methyl sites for hydroxylation is 1. The Morgan fingerprint density at radius 3 is 2.88 bits per heavy atom. The van der Waals surface area contributed by atoms with E-state index in [9.17, 15) is 0 Å². The summed E-state index contributed by atoms with van der Waals surface area (Å²) in [5.41, 5.74) is 5.02. The maximum absolute atomic E-state index is 5.78. The van der Waals surface area contributed by atoms with Crippen LogP contribution in [0, 0.1) is 29.6 Å². The van der Waals surface area contributed by atoms with Crippen LogP contribution in [-0.2, 0) is 12.8 Å². The molecule has 0 saturated heterocycles. The van der Waals surface area contributed by atoms with E-state index in [2.05, 4.69) is 27.4 Å². The van der Waals surface area contributed by atoms with E-state index in [1.807, 2.05) is 6.26 Å². The zero-order chi connectivity index (χ0) is 12.0. The summed E-state index contributed by atoms with van der Waals surface area (Å²) in [4.78, 5) is 0. The molecule has 2 fully saturated rings. The van der Waals surface area contributed by atoms with Crippen LogP contribution in [0.1, 0.15) is 37.2 Å². The van der Waals surface area contributed by atoms with Crippen molar-refractivity contribution >= 4 is 0 Å². The van der Waals surface area contributed by atoms with Crippen molar-refractivity contribution in [3.05, 3.63) is 35.3 Å². The molecule has 0 N–H and O–H groups in total. The fraction of sp³-hybridized carbons (Fsp3) is 0.625. The van der Waals surface area contributed by atoms with E-state index in [0.29, 0.717) is 10.8 Å². The van der Waals surface area contributed by atoms with Crippen LogP contribution in [0.15, 0.2) is 22.8 Å². The second-order valence-corrected chi connectivity index (χ2v) is 6.90. The Bertz CT molecular complexity index is 538. The molecule has 4 atom stereocenters. The molecule has 0 spiro atoms. The molecule has 1 aromatic heterocycles. The normalized spacial score (nSPS) is 46.4. The molecule has 4 rings (SSSR count). The molecule has 1 heterocycles. The maximum Gasteiger partial charge on any atom is 0.107 e. The van der Waals surface area contributed by atoms with Crippen LogP contribution in [0.3, 0.4) is 0 Å². The van der Waals surface area contributed by atoms with Gasteiger partial charge < -0.3 is 4.42 Å². The van der Waals surface area contributed by atoms with Crippen molar-refractivity contribution in [1.82, 2.24) is 0 Å². The minimum Gasteiger partial charge on any atom is -0.469 e. The van der Waals surface area contributed by atoms with Gasteiger partial charge in [0.15, 0.2) is 0 Å². The van der Waals surface area contributed by atoms with Crippen LogP contribution in [0.2, 0.25) is 0 Å². The topological polar surface area (TPSA) is 13.1 Å². The van der Waals surface area contributed by atoms with Gasteiger partial charge in [-0.05, 0) is 53.6 Å². The Morgan fingerprint density at radius 2 is 2.12 bits per heavy atom. The molecule has 3 aliphatic carbocycles. The van der Waals surface area contributed by atoms with Crippen molar-refractivity contribution in [2.24, 2.45) is 22.7 Å². The molecule has 0 amide bonds. The van der Waals surface area contributed by atoms with E-state index in [0.717, 1.165) is 24.7 Å². The van der Waals surface area contributed by atoms with Gasteiger partial charge in [-0.2, -0.15) is 0 Å². The third-order valence-corrected chi connectivity index (χ3v) is 6.27. The molecule has 4 unspecified atom stereocenters. The van der Waals surface area contributed by atoms with Gasteiger partial charge in [0.25, 0.3) is 0 Å². The van der Waals surface area contributed by atoms with Crippen molar-refractivity contribution in [1.29, 1.82) is 0 Å². The number of hydrogen-bond donors (Lipinski definition) is 0. The SMILES string of the molecule is C=C1C2CC2C2(C)Cc3occ(C)c3CC12C. The molecular formula is C16H20O. The second kappa shape index (κ2) is 2.55. The molecule has 0 bridgehead atoms. The zero-order valence-electron chi connectivity index (χ0n) is 11.0. The highest BCUT2D eigenvalue weighted by atomic mass is 16.3. The molecule has 3 aliphatic rings. The van der Waals surface area contributed by atoms with E-state index in [4.69, 9.17) is 4.42 Å². The Hall–Kier alpha value is -0.980. The summed E-state index contributed by atoms with van der Waals surface area (Å²) >= 11 is 0. The average Bonchev–Trinajstić information content (AvgIpc) is 2.99. The lowest BCUT2D eigenvalue weighted by atomic mass is 9.56. The van der Waals surface area contributed by atoms with Gasteiger partial charge in [-0.3, -0.25) is 0 Å². The Balaban J connectivity index is 1.91. The van der Waals surface area contributed by atoms with Crippen LogP contribution in [0.4, 0.5) is 0 Å². The molecule has 2 saturated carbocycles. The van der Waals surface area contributed by atoms with Gasteiger partial charge >= 0.3 is 0 Å². The number of hydrogen-bond acceptors (Lipinski definition) is 1. The highest BCUT2D eigenvalue weighted by Crippen LogP contribution is 2.75. The maximum atomic E-state index is 5.78. The van der Waals surface area contributed by atoms with Gasteiger partial charge in [-0.25, -0.2) is 0 Å². The van der Waals surface area contributed by atoms with Crippen LogP contribution in [-0.4, -0.2) is 0 Å². The number of furan rings is 1. The first-order valence-corrected chi connectivity index (χ1v) is 6.72. The first-order chi connectivity index (χ1) is 7.97. The molecule has 1 heteroatoms. The number of fused-ring (bicyclic) bond motifs is 4. The van der Waals surface area contributed by atoms with Gasteiger partial charge in [-0.1, -0.05) is 26.0 Å². The van der Waals surface area contributed by atoms with E-state index in [-0.39, 0.29) is 0 Å². The van der Waals surface area contributed by atoms with E-state index >= 15 is 0 Å². The largest absolute Gasteiger partial charge is 0.469 e. The molecule has 0 radical (unpaired) electrons. The van der Waals surface area contributed by atoms with Gasteiger partial charge in [0.2, 0.25) is 0 Å². The Morgan fingerprint density at radius 1 is 1.35 bits per heavy atom. The highest BCUT2D eigenvalue weighted by molar-refractivity contribution is 5.43. The minimum atomic E-state index is 0.308. The first-order valence-electron chi connectivity index (χ1n) is 6.72. The summed E-state index contributed by atoms with van der Waals surface area (Å²) in [6.07, 6.45) is 5.57. The summed E-state index contributed by atoms with van der Waals surface area (Å²) in [5, 5.41) is 0. The molecule has 0 aromatic carbocycles. The molecule has 1 aromatic rings. The predicted molar refractivity (Wildman–Crippen MR) is 67.8 cm³/mol. The zero-order valence-corrected chi connectivity index (χ0v) is 11.0. The molecule has 0 aliphatic heterocycles. The van der Waals surface area contributed by atoms with Crippen LogP contribution in [0.5, 0.6) is 0 Å². The average molecular weight is 228 g/mol. The van der Waals surface area contributed by atoms with E-state index in [1.165, 1.54) is 28.9 Å². The van der Waals surface area contributed by atoms with Crippen LogP contribution >= 0.6 is 0 Å². The van der Waals surface area contributed by atoms with E-state index < -0.39 is 0 Å². The van der Waals surface area contributed by atoms with Gasteiger partial charge in [0.05, 0.1) is 6.26 Å². The lowest BCUT2D eigenvalue weighted by Gasteiger charge is -2.47. The van der Waals surface area contributed by atoms with Gasteiger partial charge in [-0.15, -0.1) is 0 Å². The monoisotopic (exact) mass is 228 g/mol. The van der Waals surface area contributed by atoms with Crippen molar-refractivity contribution in [2.45, 2.75) is 40.0 Å². The second-order valence-electron chi connectivity index (χ2n) is 6.90. The number of rotatable bonds is 0. The quantitative estimate of drug-likeness (QED) is 0.614. The van der Waals surface area contributed by atoms with Crippen molar-refractivity contribution in [3.63, 3.8) is 0 Å². The van der Waals surface area contributed by atoms with Crippen LogP contribution < -0.4 is 0 Å².